The van der Waals surface area contributed by atoms with Gasteiger partial charge < -0.3 is 43.4 Å². The second-order valence-electron chi connectivity index (χ2n) is 14.0. The molecule has 0 aromatic carbocycles. The van der Waals surface area contributed by atoms with Crippen molar-refractivity contribution in [2.75, 3.05) is 13.2 Å². The molecule has 2 rings (SSSR count). The molecule has 0 aromatic rings. The first-order valence-corrected chi connectivity index (χ1v) is 15.9. The number of hydrogen-bond donors (Lipinski definition) is 2. The van der Waals surface area contributed by atoms with Crippen LogP contribution in [-0.4, -0.2) is 94.5 Å². The van der Waals surface area contributed by atoms with Crippen molar-refractivity contribution in [2.45, 2.75) is 124 Å². The van der Waals surface area contributed by atoms with Gasteiger partial charge in [-0.1, -0.05) is 41.5 Å². The van der Waals surface area contributed by atoms with Crippen LogP contribution in [0.2, 0.25) is 0 Å². The third kappa shape index (κ3) is 10.4. The van der Waals surface area contributed by atoms with Gasteiger partial charge in [0.25, 0.3) is 6.29 Å². The molecule has 15 heteroatoms. The van der Waals surface area contributed by atoms with E-state index in [1.165, 1.54) is 20.8 Å². The fourth-order valence-electron chi connectivity index (χ4n) is 5.58. The van der Waals surface area contributed by atoms with Crippen molar-refractivity contribution in [2.24, 2.45) is 23.7 Å². The van der Waals surface area contributed by atoms with Crippen LogP contribution in [0.1, 0.15) is 88.5 Å². The van der Waals surface area contributed by atoms with Crippen LogP contribution in [0.4, 0.5) is 0 Å². The van der Waals surface area contributed by atoms with Crippen LogP contribution in [0.3, 0.4) is 0 Å². The third-order valence-corrected chi connectivity index (χ3v) is 7.79. The van der Waals surface area contributed by atoms with Crippen molar-refractivity contribution >= 4 is 35.8 Å². The normalized spacial score (nSPS) is 25.7. The molecule has 48 heavy (non-hydrogen) atoms. The molecule has 2 aliphatic rings. The van der Waals surface area contributed by atoms with E-state index in [4.69, 9.17) is 33.2 Å². The SMILES string of the molecule is CC(=O)OC1CC2(O)C(COC(=O)C(OC(=O)C(C)C)C(C)C)=COC(OC(=O)CC(C)C)C2[C@@]1(O)COC(=O)CC(C)(C)OC(C)=O. The van der Waals surface area contributed by atoms with Crippen molar-refractivity contribution in [3.05, 3.63) is 11.8 Å². The van der Waals surface area contributed by atoms with Gasteiger partial charge in [-0.25, -0.2) is 4.79 Å². The molecular formula is C33H50O15. The number of carbonyl (C=O) groups excluding carboxylic acids is 6. The Morgan fingerprint density at radius 1 is 0.917 bits per heavy atom. The molecule has 1 aliphatic heterocycles. The van der Waals surface area contributed by atoms with E-state index in [-0.39, 0.29) is 17.9 Å². The van der Waals surface area contributed by atoms with Gasteiger partial charge in [-0.2, -0.15) is 0 Å². The summed E-state index contributed by atoms with van der Waals surface area (Å²) >= 11 is 0. The minimum atomic E-state index is -2.42. The van der Waals surface area contributed by atoms with E-state index in [2.05, 4.69) is 0 Å². The second kappa shape index (κ2) is 16.1. The summed E-state index contributed by atoms with van der Waals surface area (Å²) < 4.78 is 37.9. The highest BCUT2D eigenvalue weighted by Crippen LogP contribution is 2.53. The molecule has 1 aliphatic carbocycles. The summed E-state index contributed by atoms with van der Waals surface area (Å²) in [4.78, 5) is 74.5. The molecule has 0 aromatic heterocycles. The van der Waals surface area contributed by atoms with E-state index in [9.17, 15) is 39.0 Å². The number of rotatable bonds is 15. The fraction of sp³-hybridized carbons (Fsp3) is 0.758. The Morgan fingerprint density at radius 2 is 1.54 bits per heavy atom. The highest BCUT2D eigenvalue weighted by atomic mass is 16.7. The zero-order chi connectivity index (χ0) is 36.8. The smallest absolute Gasteiger partial charge is 0.348 e. The predicted molar refractivity (Wildman–Crippen MR) is 164 cm³/mol. The lowest BCUT2D eigenvalue weighted by molar-refractivity contribution is -0.241. The maximum atomic E-state index is 13.1. The summed E-state index contributed by atoms with van der Waals surface area (Å²) in [6, 6.07) is 0. The molecule has 5 unspecified atom stereocenters. The monoisotopic (exact) mass is 686 g/mol. The van der Waals surface area contributed by atoms with Gasteiger partial charge in [-0.05, 0) is 19.8 Å². The number of hydrogen-bond acceptors (Lipinski definition) is 15. The maximum absolute atomic E-state index is 13.1. The van der Waals surface area contributed by atoms with Gasteiger partial charge in [0.1, 0.15) is 42.0 Å². The van der Waals surface area contributed by atoms with Crippen LogP contribution in [-0.2, 0) is 61.9 Å². The molecule has 0 radical (unpaired) electrons. The Bertz CT molecular complexity index is 1250. The fourth-order valence-corrected chi connectivity index (χ4v) is 5.58. The van der Waals surface area contributed by atoms with Crippen LogP contribution in [0.15, 0.2) is 11.8 Å². The van der Waals surface area contributed by atoms with Crippen molar-refractivity contribution in [3.8, 4) is 0 Å². The predicted octanol–water partition coefficient (Wildman–Crippen LogP) is 2.27. The van der Waals surface area contributed by atoms with Crippen LogP contribution in [0, 0.1) is 23.7 Å². The third-order valence-electron chi connectivity index (χ3n) is 7.79. The van der Waals surface area contributed by atoms with Gasteiger partial charge in [0.05, 0.1) is 18.6 Å². The van der Waals surface area contributed by atoms with E-state index in [0.29, 0.717) is 0 Å². The molecule has 0 spiro atoms. The Labute approximate surface area is 280 Å². The highest BCUT2D eigenvalue weighted by molar-refractivity contribution is 5.80. The van der Waals surface area contributed by atoms with Crippen molar-refractivity contribution in [1.82, 2.24) is 0 Å². The van der Waals surface area contributed by atoms with Crippen molar-refractivity contribution in [1.29, 1.82) is 0 Å². The zero-order valence-electron chi connectivity index (χ0n) is 29.4. The standard InChI is InChI=1S/C33H50O15/c1-17(2)11-24(36)46-30-27-32(40,22(15-43-30)14-42-29(39)26(18(3)4)47-28(38)19(5)6)12-23(45-20(7)34)33(27,41)16-44-25(37)13-31(9,10)48-21(8)35/h15,17-19,23,26-27,30,40-41H,11-14,16H2,1-10H3/t23?,26?,27?,30?,32?,33-/m1/s1. The average molecular weight is 687 g/mol. The lowest BCUT2D eigenvalue weighted by Gasteiger charge is -2.44. The van der Waals surface area contributed by atoms with E-state index in [1.54, 1.807) is 41.5 Å². The summed E-state index contributed by atoms with van der Waals surface area (Å²) in [5.74, 6) is -7.40. The van der Waals surface area contributed by atoms with Gasteiger partial charge in [-0.15, -0.1) is 0 Å². The average Bonchev–Trinajstić information content (AvgIpc) is 3.14. The minimum Gasteiger partial charge on any atom is -0.462 e. The quantitative estimate of drug-likeness (QED) is 0.187. The molecule has 2 N–H and O–H groups in total. The lowest BCUT2D eigenvalue weighted by atomic mass is 9.77. The van der Waals surface area contributed by atoms with Crippen LogP contribution >= 0.6 is 0 Å². The van der Waals surface area contributed by atoms with Gasteiger partial charge >= 0.3 is 35.8 Å². The van der Waals surface area contributed by atoms with E-state index >= 15 is 0 Å². The summed E-state index contributed by atoms with van der Waals surface area (Å²) in [6.07, 6.45) is -4.43. The van der Waals surface area contributed by atoms with E-state index in [1.807, 2.05) is 0 Å². The maximum Gasteiger partial charge on any atom is 0.348 e. The Morgan fingerprint density at radius 3 is 2.06 bits per heavy atom. The Kier molecular flexibility index (Phi) is 13.6. The van der Waals surface area contributed by atoms with Crippen LogP contribution < -0.4 is 0 Å². The number of aliphatic hydroxyl groups is 2. The summed E-state index contributed by atoms with van der Waals surface area (Å²) in [5.41, 5.74) is -6.00. The summed E-state index contributed by atoms with van der Waals surface area (Å²) in [6.45, 7) is 13.8. The van der Waals surface area contributed by atoms with Gasteiger partial charge in [-0.3, -0.25) is 24.0 Å². The number of ether oxygens (including phenoxy) is 7. The molecule has 1 fully saturated rings. The lowest BCUT2D eigenvalue weighted by Crippen LogP contribution is -2.59. The Balaban J connectivity index is 2.48. The summed E-state index contributed by atoms with van der Waals surface area (Å²) in [5, 5.41) is 24.4. The molecule has 0 amide bonds. The second-order valence-corrected chi connectivity index (χ2v) is 14.0. The number of fused-ring (bicyclic) bond motifs is 1. The van der Waals surface area contributed by atoms with Crippen molar-refractivity contribution in [3.63, 3.8) is 0 Å². The first-order chi connectivity index (χ1) is 22.0. The molecule has 1 saturated carbocycles. The molecule has 6 atom stereocenters. The van der Waals surface area contributed by atoms with Gasteiger partial charge in [0.2, 0.25) is 6.10 Å². The molecule has 1 heterocycles. The Hall–Kier alpha value is -3.72. The van der Waals surface area contributed by atoms with Gasteiger partial charge in [0, 0.05) is 38.2 Å². The number of carbonyl (C=O) groups is 6. The van der Waals surface area contributed by atoms with Crippen LogP contribution in [0.25, 0.3) is 0 Å². The zero-order valence-corrected chi connectivity index (χ0v) is 29.4. The van der Waals surface area contributed by atoms with Crippen molar-refractivity contribution < 1.29 is 72.1 Å². The highest BCUT2D eigenvalue weighted by Gasteiger charge is 2.70. The molecular weight excluding hydrogens is 636 g/mol. The summed E-state index contributed by atoms with van der Waals surface area (Å²) in [7, 11) is 0. The molecule has 0 bridgehead atoms. The van der Waals surface area contributed by atoms with E-state index < -0.39 is 115 Å². The van der Waals surface area contributed by atoms with Gasteiger partial charge in [0.15, 0.2) is 0 Å². The first kappa shape index (κ1) is 40.5. The largest absolute Gasteiger partial charge is 0.462 e. The molecule has 272 valence electrons. The minimum absolute atomic E-state index is 0.0447. The molecule has 0 saturated heterocycles. The first-order valence-electron chi connectivity index (χ1n) is 15.9. The number of esters is 6. The van der Waals surface area contributed by atoms with E-state index in [0.717, 1.165) is 13.2 Å². The van der Waals surface area contributed by atoms with Crippen LogP contribution in [0.5, 0.6) is 0 Å². The molecule has 15 nitrogen and oxygen atoms in total. The topological polar surface area (TPSA) is 207 Å².